The van der Waals surface area contributed by atoms with Crippen LogP contribution in [-0.2, 0) is 13.0 Å². The van der Waals surface area contributed by atoms with E-state index >= 15 is 0 Å². The van der Waals surface area contributed by atoms with Gasteiger partial charge in [-0.1, -0.05) is 12.1 Å². The lowest BCUT2D eigenvalue weighted by atomic mass is 9.91. The fourth-order valence-electron chi connectivity index (χ4n) is 4.32. The lowest BCUT2D eigenvalue weighted by Crippen LogP contribution is -2.38. The monoisotopic (exact) mass is 371 g/mol. The van der Waals surface area contributed by atoms with E-state index in [4.69, 9.17) is 0 Å². The fourth-order valence-corrected chi connectivity index (χ4v) is 4.32. The van der Waals surface area contributed by atoms with Crippen LogP contribution < -0.4 is 5.32 Å². The van der Waals surface area contributed by atoms with Crippen molar-refractivity contribution in [2.24, 2.45) is 5.92 Å². The van der Waals surface area contributed by atoms with E-state index in [1.165, 1.54) is 24.1 Å². The van der Waals surface area contributed by atoms with Crippen molar-refractivity contribution in [1.82, 2.24) is 35.4 Å². The van der Waals surface area contributed by atoms with E-state index in [1.807, 2.05) is 22.0 Å². The van der Waals surface area contributed by atoms with Crippen molar-refractivity contribution in [2.75, 3.05) is 26.2 Å². The topological polar surface area (TPSA) is 91.7 Å². The van der Waals surface area contributed by atoms with Crippen molar-refractivity contribution in [3.63, 3.8) is 0 Å². The van der Waals surface area contributed by atoms with Crippen LogP contribution in [0.2, 0.25) is 0 Å². The number of carbonyl (C=O) groups excluding carboxylic acids is 1. The Morgan fingerprint density at radius 3 is 2.89 bits per heavy atom. The summed E-state index contributed by atoms with van der Waals surface area (Å²) in [7, 11) is 0. The average molecular weight is 371 g/mol. The molecule has 0 radical (unpaired) electrons. The number of piperidine rings is 2. The summed E-state index contributed by atoms with van der Waals surface area (Å²) in [5.74, 6) is 1.03. The summed E-state index contributed by atoms with van der Waals surface area (Å²) in [5, 5.41) is 19.1. The number of aryl methyl sites for hydroxylation is 1. The van der Waals surface area contributed by atoms with E-state index in [2.05, 4.69) is 32.7 Å². The molecule has 2 saturated heterocycles. The fraction of sp³-hybridized carbons (Fsp3) is 0.684. The van der Waals surface area contributed by atoms with Crippen molar-refractivity contribution in [3.8, 4) is 0 Å². The predicted molar refractivity (Wildman–Crippen MR) is 101 cm³/mol. The van der Waals surface area contributed by atoms with Gasteiger partial charge in [0.15, 0.2) is 5.69 Å². The number of nitrogens with zero attached hydrogens (tertiary/aromatic N) is 5. The summed E-state index contributed by atoms with van der Waals surface area (Å²) in [6, 6.07) is 0. The lowest BCUT2D eigenvalue weighted by Gasteiger charge is -2.31. The first-order chi connectivity index (χ1) is 13.2. The minimum Gasteiger partial charge on any atom is -0.337 e. The van der Waals surface area contributed by atoms with Gasteiger partial charge in [0.2, 0.25) is 0 Å². The molecule has 2 fully saturated rings. The Morgan fingerprint density at radius 1 is 1.30 bits per heavy atom. The van der Waals surface area contributed by atoms with Crippen LogP contribution in [0.3, 0.4) is 0 Å². The van der Waals surface area contributed by atoms with Crippen LogP contribution in [0.5, 0.6) is 0 Å². The second-order valence-corrected chi connectivity index (χ2v) is 7.77. The molecule has 146 valence electrons. The third kappa shape index (κ3) is 4.05. The number of nitrogens with one attached hydrogen (secondary N) is 2. The highest BCUT2D eigenvalue weighted by atomic mass is 16.2. The average Bonchev–Trinajstić information content (AvgIpc) is 3.38. The Labute approximate surface area is 159 Å². The lowest BCUT2D eigenvalue weighted by molar-refractivity contribution is 0.0706. The van der Waals surface area contributed by atoms with Gasteiger partial charge in [-0.25, -0.2) is 0 Å². The molecule has 0 aromatic carbocycles. The Morgan fingerprint density at radius 2 is 2.15 bits per heavy atom. The number of hydrogen-bond donors (Lipinski definition) is 2. The highest BCUT2D eigenvalue weighted by Gasteiger charge is 2.28. The zero-order valence-electron chi connectivity index (χ0n) is 16.0. The van der Waals surface area contributed by atoms with Gasteiger partial charge in [-0.3, -0.25) is 14.6 Å². The Bertz CT molecular complexity index is 754. The van der Waals surface area contributed by atoms with Gasteiger partial charge in [0.25, 0.3) is 5.91 Å². The molecule has 4 rings (SSSR count). The molecule has 8 nitrogen and oxygen atoms in total. The minimum absolute atomic E-state index is 0.00166. The molecule has 0 saturated carbocycles. The zero-order chi connectivity index (χ0) is 18.6. The zero-order valence-corrected chi connectivity index (χ0v) is 16.0. The van der Waals surface area contributed by atoms with Crippen molar-refractivity contribution in [3.05, 3.63) is 29.3 Å². The molecule has 8 heteroatoms. The second kappa shape index (κ2) is 8.21. The second-order valence-electron chi connectivity index (χ2n) is 7.77. The van der Waals surface area contributed by atoms with Gasteiger partial charge in [0.1, 0.15) is 0 Å². The third-order valence-electron chi connectivity index (χ3n) is 5.92. The van der Waals surface area contributed by atoms with Gasteiger partial charge >= 0.3 is 0 Å². The van der Waals surface area contributed by atoms with E-state index in [9.17, 15) is 4.79 Å². The maximum atomic E-state index is 12.8. The number of likely N-dealkylation sites (tertiary alicyclic amines) is 1. The number of carbonyl (C=O) groups is 1. The molecular weight excluding hydrogens is 342 g/mol. The molecule has 27 heavy (non-hydrogen) atoms. The molecule has 0 spiro atoms. The summed E-state index contributed by atoms with van der Waals surface area (Å²) in [6.45, 7) is 6.61. The molecule has 0 bridgehead atoms. The van der Waals surface area contributed by atoms with Crippen LogP contribution in [0.15, 0.2) is 12.4 Å². The molecule has 4 heterocycles. The van der Waals surface area contributed by atoms with Crippen LogP contribution in [-0.4, -0.2) is 62.2 Å². The maximum absolute atomic E-state index is 12.8. The number of aromatic amines is 1. The molecule has 2 aliphatic heterocycles. The molecule has 2 N–H and O–H groups in total. The molecule has 0 unspecified atom stereocenters. The Kier molecular flexibility index (Phi) is 5.52. The van der Waals surface area contributed by atoms with Gasteiger partial charge in [0, 0.05) is 31.2 Å². The van der Waals surface area contributed by atoms with E-state index in [0.29, 0.717) is 17.5 Å². The van der Waals surface area contributed by atoms with E-state index < -0.39 is 0 Å². The summed E-state index contributed by atoms with van der Waals surface area (Å²) in [6.07, 6.45) is 9.06. The van der Waals surface area contributed by atoms with Crippen molar-refractivity contribution in [1.29, 1.82) is 0 Å². The number of rotatable bonds is 5. The van der Waals surface area contributed by atoms with E-state index in [0.717, 1.165) is 52.0 Å². The maximum Gasteiger partial charge on any atom is 0.276 e. The molecule has 1 atom stereocenters. The van der Waals surface area contributed by atoms with Crippen molar-refractivity contribution in [2.45, 2.75) is 51.5 Å². The first-order valence-electron chi connectivity index (χ1n) is 10.2. The van der Waals surface area contributed by atoms with Gasteiger partial charge in [-0.2, -0.15) is 5.10 Å². The van der Waals surface area contributed by atoms with Crippen LogP contribution >= 0.6 is 0 Å². The first kappa shape index (κ1) is 18.2. The van der Waals surface area contributed by atoms with Gasteiger partial charge in [-0.15, -0.1) is 5.10 Å². The Balaban J connectivity index is 1.33. The van der Waals surface area contributed by atoms with Gasteiger partial charge < -0.3 is 10.2 Å². The molecular formula is C19H29N7O. The molecule has 2 aromatic heterocycles. The van der Waals surface area contributed by atoms with Gasteiger partial charge in [-0.05, 0) is 56.7 Å². The van der Waals surface area contributed by atoms with Crippen LogP contribution in [0.4, 0.5) is 0 Å². The van der Waals surface area contributed by atoms with Crippen LogP contribution in [0.1, 0.15) is 60.3 Å². The Hall–Kier alpha value is -2.22. The summed E-state index contributed by atoms with van der Waals surface area (Å²) >= 11 is 0. The third-order valence-corrected chi connectivity index (χ3v) is 5.92. The van der Waals surface area contributed by atoms with Crippen molar-refractivity contribution < 1.29 is 4.79 Å². The number of hydrogen-bond acceptors (Lipinski definition) is 5. The summed E-state index contributed by atoms with van der Waals surface area (Å²) in [4.78, 5) is 14.7. The molecule has 0 aliphatic carbocycles. The van der Waals surface area contributed by atoms with Crippen LogP contribution in [0, 0.1) is 5.92 Å². The SMILES string of the molecule is CCc1cn[nH]c1C1CCN(C(=O)c2cn(C[C@H]3CCCNC3)nn2)CC1. The molecule has 2 aliphatic rings. The minimum atomic E-state index is 0.00166. The number of aromatic nitrogens is 5. The first-order valence-corrected chi connectivity index (χ1v) is 10.2. The number of H-pyrrole nitrogens is 1. The molecule has 2 aromatic rings. The van der Waals surface area contributed by atoms with Crippen LogP contribution in [0.25, 0.3) is 0 Å². The summed E-state index contributed by atoms with van der Waals surface area (Å²) in [5.41, 5.74) is 3.00. The number of amides is 1. The normalized spacial score (nSPS) is 21.5. The largest absolute Gasteiger partial charge is 0.337 e. The quantitative estimate of drug-likeness (QED) is 0.833. The molecule has 1 amide bonds. The smallest absolute Gasteiger partial charge is 0.276 e. The highest BCUT2D eigenvalue weighted by molar-refractivity contribution is 5.92. The highest BCUT2D eigenvalue weighted by Crippen LogP contribution is 2.29. The predicted octanol–water partition coefficient (Wildman–Crippen LogP) is 1.58. The standard InChI is InChI=1S/C19H29N7O/c1-2-15-11-21-23-18(15)16-5-8-25(9-6-16)19(27)17-13-26(24-22-17)12-14-4-3-7-20-10-14/h11,13-14,16,20H,2-10,12H2,1H3,(H,21,23)/t14-/m0/s1. The van der Waals surface area contributed by atoms with Crippen molar-refractivity contribution >= 4 is 5.91 Å². The van der Waals surface area contributed by atoms with Gasteiger partial charge in [0.05, 0.1) is 12.4 Å². The summed E-state index contributed by atoms with van der Waals surface area (Å²) < 4.78 is 1.83. The van der Waals surface area contributed by atoms with E-state index in [1.54, 1.807) is 0 Å². The van der Waals surface area contributed by atoms with E-state index in [-0.39, 0.29) is 5.91 Å².